The molecule has 1 saturated carbocycles. The SMILES string of the molecule is CCCC1CCC(C(=O)Oc2ccc(C#N)c(F)c2F)CC1. The van der Waals surface area contributed by atoms with Gasteiger partial charge < -0.3 is 4.74 Å². The van der Waals surface area contributed by atoms with E-state index in [4.69, 9.17) is 10.00 Å². The fourth-order valence-electron chi connectivity index (χ4n) is 2.98. The van der Waals surface area contributed by atoms with Crippen LogP contribution >= 0.6 is 0 Å². The van der Waals surface area contributed by atoms with Gasteiger partial charge in [-0.1, -0.05) is 19.8 Å². The summed E-state index contributed by atoms with van der Waals surface area (Å²) in [4.78, 5) is 12.1. The van der Waals surface area contributed by atoms with Crippen LogP contribution in [0.2, 0.25) is 0 Å². The van der Waals surface area contributed by atoms with E-state index in [1.165, 1.54) is 0 Å². The second-order valence-electron chi connectivity index (χ2n) is 5.78. The molecule has 1 aliphatic rings. The Hall–Kier alpha value is -1.96. The maximum atomic E-state index is 13.7. The lowest BCUT2D eigenvalue weighted by molar-refractivity contribution is -0.140. The first-order valence-electron chi connectivity index (χ1n) is 7.66. The number of ether oxygens (including phenoxy) is 1. The Balaban J connectivity index is 1.99. The fourth-order valence-corrected chi connectivity index (χ4v) is 2.98. The first-order chi connectivity index (χ1) is 10.6. The third kappa shape index (κ3) is 3.62. The van der Waals surface area contributed by atoms with Crippen molar-refractivity contribution in [2.45, 2.75) is 45.4 Å². The molecule has 0 heterocycles. The van der Waals surface area contributed by atoms with Crippen molar-refractivity contribution in [2.24, 2.45) is 11.8 Å². The van der Waals surface area contributed by atoms with Gasteiger partial charge in [0.2, 0.25) is 5.82 Å². The topological polar surface area (TPSA) is 50.1 Å². The average Bonchev–Trinajstić information content (AvgIpc) is 2.53. The highest BCUT2D eigenvalue weighted by molar-refractivity contribution is 5.75. The van der Waals surface area contributed by atoms with E-state index in [2.05, 4.69) is 6.92 Å². The lowest BCUT2D eigenvalue weighted by atomic mass is 9.80. The summed E-state index contributed by atoms with van der Waals surface area (Å²) in [6.07, 6.45) is 5.69. The molecule has 22 heavy (non-hydrogen) atoms. The molecule has 3 nitrogen and oxygen atoms in total. The number of nitrogens with zero attached hydrogens (tertiary/aromatic N) is 1. The van der Waals surface area contributed by atoms with Gasteiger partial charge in [0.25, 0.3) is 0 Å². The van der Waals surface area contributed by atoms with E-state index in [-0.39, 0.29) is 5.92 Å². The van der Waals surface area contributed by atoms with Crippen LogP contribution in [-0.4, -0.2) is 5.97 Å². The Morgan fingerprint density at radius 2 is 1.95 bits per heavy atom. The Labute approximate surface area is 128 Å². The highest BCUT2D eigenvalue weighted by atomic mass is 19.2. The molecule has 0 aliphatic heterocycles. The van der Waals surface area contributed by atoms with Gasteiger partial charge in [-0.05, 0) is 43.7 Å². The average molecular weight is 307 g/mol. The normalized spacial score (nSPS) is 21.2. The highest BCUT2D eigenvalue weighted by Gasteiger charge is 2.28. The van der Waals surface area contributed by atoms with Gasteiger partial charge in [0.05, 0.1) is 11.5 Å². The highest BCUT2D eigenvalue weighted by Crippen LogP contribution is 2.33. The summed E-state index contributed by atoms with van der Waals surface area (Å²) in [5, 5.41) is 8.62. The molecule has 0 atom stereocenters. The number of benzene rings is 1. The smallest absolute Gasteiger partial charge is 0.314 e. The molecule has 1 aromatic carbocycles. The summed E-state index contributed by atoms with van der Waals surface area (Å²) < 4.78 is 32.2. The molecular weight excluding hydrogens is 288 g/mol. The van der Waals surface area contributed by atoms with Crippen LogP contribution in [0.25, 0.3) is 0 Å². The molecule has 0 N–H and O–H groups in total. The van der Waals surface area contributed by atoms with Crippen molar-refractivity contribution in [3.8, 4) is 11.8 Å². The summed E-state index contributed by atoms with van der Waals surface area (Å²) in [5.74, 6) is -3.13. The first kappa shape index (κ1) is 16.4. The van der Waals surface area contributed by atoms with Gasteiger partial charge in [0.15, 0.2) is 11.6 Å². The Morgan fingerprint density at radius 3 is 2.55 bits per heavy atom. The number of halogens is 2. The summed E-state index contributed by atoms with van der Waals surface area (Å²) in [7, 11) is 0. The predicted molar refractivity (Wildman–Crippen MR) is 77.1 cm³/mol. The lowest BCUT2D eigenvalue weighted by Crippen LogP contribution is -2.26. The zero-order valence-corrected chi connectivity index (χ0v) is 12.6. The number of hydrogen-bond acceptors (Lipinski definition) is 3. The minimum absolute atomic E-state index is 0.258. The molecule has 0 unspecified atom stereocenters. The lowest BCUT2D eigenvalue weighted by Gasteiger charge is -2.26. The third-order valence-corrected chi connectivity index (χ3v) is 4.25. The monoisotopic (exact) mass is 307 g/mol. The standard InChI is InChI=1S/C17H19F2NO2/c1-2-3-11-4-6-12(7-5-11)17(21)22-14-9-8-13(10-20)15(18)16(14)19/h8-9,11-12H,2-7H2,1H3. The second-order valence-corrected chi connectivity index (χ2v) is 5.78. The second kappa shape index (κ2) is 7.35. The Kier molecular flexibility index (Phi) is 5.48. The first-order valence-corrected chi connectivity index (χ1v) is 7.66. The van der Waals surface area contributed by atoms with Crippen LogP contribution < -0.4 is 4.74 Å². The molecule has 1 fully saturated rings. The summed E-state index contributed by atoms with van der Waals surface area (Å²) in [6, 6.07) is 3.77. The molecule has 0 saturated heterocycles. The minimum Gasteiger partial charge on any atom is -0.423 e. The molecule has 1 aromatic rings. The van der Waals surface area contributed by atoms with Crippen molar-refractivity contribution >= 4 is 5.97 Å². The van der Waals surface area contributed by atoms with E-state index in [9.17, 15) is 13.6 Å². The van der Waals surface area contributed by atoms with Gasteiger partial charge in [-0.3, -0.25) is 4.79 Å². The summed E-state index contributed by atoms with van der Waals surface area (Å²) in [5.41, 5.74) is -0.405. The number of nitriles is 1. The van der Waals surface area contributed by atoms with E-state index >= 15 is 0 Å². The predicted octanol–water partition coefficient (Wildman–Crippen LogP) is 4.35. The van der Waals surface area contributed by atoms with Crippen LogP contribution in [-0.2, 0) is 4.79 Å². The van der Waals surface area contributed by atoms with Crippen molar-refractivity contribution < 1.29 is 18.3 Å². The van der Waals surface area contributed by atoms with E-state index in [0.29, 0.717) is 5.92 Å². The fraction of sp³-hybridized carbons (Fsp3) is 0.529. The number of rotatable bonds is 4. The van der Waals surface area contributed by atoms with Gasteiger partial charge in [-0.25, -0.2) is 4.39 Å². The van der Waals surface area contributed by atoms with Gasteiger partial charge in [-0.15, -0.1) is 0 Å². The zero-order chi connectivity index (χ0) is 16.1. The van der Waals surface area contributed by atoms with Crippen LogP contribution in [0.15, 0.2) is 12.1 Å². The minimum atomic E-state index is -1.29. The molecule has 0 aromatic heterocycles. The molecule has 0 spiro atoms. The Morgan fingerprint density at radius 1 is 1.27 bits per heavy atom. The Bertz CT molecular complexity index is 587. The van der Waals surface area contributed by atoms with Crippen molar-refractivity contribution in [2.75, 3.05) is 0 Å². The van der Waals surface area contributed by atoms with Gasteiger partial charge in [-0.2, -0.15) is 9.65 Å². The largest absolute Gasteiger partial charge is 0.423 e. The van der Waals surface area contributed by atoms with E-state index in [0.717, 1.165) is 50.7 Å². The third-order valence-electron chi connectivity index (χ3n) is 4.25. The van der Waals surface area contributed by atoms with Crippen LogP contribution in [0.5, 0.6) is 5.75 Å². The van der Waals surface area contributed by atoms with E-state index in [1.807, 2.05) is 0 Å². The maximum absolute atomic E-state index is 13.7. The molecular formula is C17H19F2NO2. The number of hydrogen-bond donors (Lipinski definition) is 0. The van der Waals surface area contributed by atoms with Crippen LogP contribution in [0.4, 0.5) is 8.78 Å². The van der Waals surface area contributed by atoms with Gasteiger partial charge >= 0.3 is 5.97 Å². The number of esters is 1. The van der Waals surface area contributed by atoms with Crippen molar-refractivity contribution in [1.29, 1.82) is 5.26 Å². The van der Waals surface area contributed by atoms with Gasteiger partial charge in [0, 0.05) is 0 Å². The quantitative estimate of drug-likeness (QED) is 0.614. The summed E-state index contributed by atoms with van der Waals surface area (Å²) >= 11 is 0. The van der Waals surface area contributed by atoms with Crippen molar-refractivity contribution in [1.82, 2.24) is 0 Å². The van der Waals surface area contributed by atoms with E-state index in [1.54, 1.807) is 6.07 Å². The number of carbonyl (C=O) groups is 1. The molecule has 5 heteroatoms. The maximum Gasteiger partial charge on any atom is 0.314 e. The molecule has 1 aliphatic carbocycles. The molecule has 2 rings (SSSR count). The molecule has 0 amide bonds. The molecule has 118 valence electrons. The van der Waals surface area contributed by atoms with E-state index < -0.39 is 28.9 Å². The van der Waals surface area contributed by atoms with Crippen LogP contribution in [0.3, 0.4) is 0 Å². The van der Waals surface area contributed by atoms with Crippen LogP contribution in [0, 0.1) is 34.8 Å². The zero-order valence-electron chi connectivity index (χ0n) is 12.6. The van der Waals surface area contributed by atoms with Gasteiger partial charge in [0.1, 0.15) is 6.07 Å². The van der Waals surface area contributed by atoms with Crippen LogP contribution in [0.1, 0.15) is 51.0 Å². The molecule has 0 radical (unpaired) electrons. The number of carbonyl (C=O) groups excluding carboxylic acids is 1. The van der Waals surface area contributed by atoms with Crippen molar-refractivity contribution in [3.63, 3.8) is 0 Å². The van der Waals surface area contributed by atoms with Crippen molar-refractivity contribution in [3.05, 3.63) is 29.3 Å². The summed E-state index contributed by atoms with van der Waals surface area (Å²) in [6.45, 7) is 2.14. The molecule has 0 bridgehead atoms.